The van der Waals surface area contributed by atoms with Crippen molar-refractivity contribution in [3.8, 4) is 0 Å². The first-order valence-corrected chi connectivity index (χ1v) is 8.83. The third kappa shape index (κ3) is 3.90. The van der Waals surface area contributed by atoms with E-state index in [1.807, 2.05) is 13.0 Å². The van der Waals surface area contributed by atoms with Crippen molar-refractivity contribution in [2.75, 3.05) is 0 Å². The van der Waals surface area contributed by atoms with Gasteiger partial charge in [0.05, 0.1) is 9.72 Å². The lowest BCUT2D eigenvalue weighted by Gasteiger charge is -2.06. The van der Waals surface area contributed by atoms with E-state index in [0.717, 1.165) is 27.7 Å². The molecule has 0 amide bonds. The normalized spacial score (nSPS) is 12.5. The van der Waals surface area contributed by atoms with Gasteiger partial charge in [-0.3, -0.25) is 5.10 Å². The number of halogens is 1. The molecular weight excluding hydrogens is 370 g/mol. The van der Waals surface area contributed by atoms with Crippen LogP contribution in [0.2, 0.25) is 0 Å². The summed E-state index contributed by atoms with van der Waals surface area (Å²) in [7, 11) is 0. The van der Waals surface area contributed by atoms with Gasteiger partial charge >= 0.3 is 0 Å². The van der Waals surface area contributed by atoms with E-state index in [-0.39, 0.29) is 5.25 Å². The zero-order valence-corrected chi connectivity index (χ0v) is 14.4. The van der Waals surface area contributed by atoms with Gasteiger partial charge in [0.1, 0.15) is 11.6 Å². The molecule has 0 bridgehead atoms. The van der Waals surface area contributed by atoms with Gasteiger partial charge in [-0.15, -0.1) is 16.4 Å². The maximum Gasteiger partial charge on any atom is 0.209 e. The van der Waals surface area contributed by atoms with Crippen LogP contribution in [0.25, 0.3) is 0 Å². The van der Waals surface area contributed by atoms with Crippen LogP contribution in [0.15, 0.2) is 39.5 Å². The summed E-state index contributed by atoms with van der Waals surface area (Å²) in [6.45, 7) is 2.04. The molecular formula is C13H12BrN5S2. The first kappa shape index (κ1) is 14.7. The molecule has 0 radical (unpaired) electrons. The Morgan fingerprint density at radius 2 is 2.19 bits per heavy atom. The Balaban J connectivity index is 1.65. The average Bonchev–Trinajstić information content (AvgIpc) is 3.12. The molecule has 1 atom stereocenters. The average molecular weight is 382 g/mol. The van der Waals surface area contributed by atoms with E-state index < -0.39 is 0 Å². The quantitative estimate of drug-likeness (QED) is 0.679. The first-order valence-electron chi connectivity index (χ1n) is 6.28. The molecule has 0 aromatic carbocycles. The number of aromatic nitrogens is 5. The number of hydrogen-bond donors (Lipinski definition) is 1. The van der Waals surface area contributed by atoms with Gasteiger partial charge in [-0.25, -0.2) is 15.0 Å². The van der Waals surface area contributed by atoms with E-state index in [0.29, 0.717) is 0 Å². The van der Waals surface area contributed by atoms with Crippen molar-refractivity contribution in [1.82, 2.24) is 25.1 Å². The van der Waals surface area contributed by atoms with E-state index in [2.05, 4.69) is 52.5 Å². The highest BCUT2D eigenvalue weighted by molar-refractivity contribution is 9.10. The van der Waals surface area contributed by atoms with Crippen LogP contribution in [0, 0.1) is 0 Å². The lowest BCUT2D eigenvalue weighted by Crippen LogP contribution is -1.97. The highest BCUT2D eigenvalue weighted by Gasteiger charge is 2.14. The molecule has 0 spiro atoms. The van der Waals surface area contributed by atoms with Crippen molar-refractivity contribution in [2.45, 2.75) is 23.8 Å². The Morgan fingerprint density at radius 3 is 2.90 bits per heavy atom. The fourth-order valence-electron chi connectivity index (χ4n) is 1.73. The maximum absolute atomic E-state index is 4.51. The molecule has 0 saturated heterocycles. The van der Waals surface area contributed by atoms with Crippen molar-refractivity contribution in [1.29, 1.82) is 0 Å². The number of nitrogens with zero attached hydrogens (tertiary/aromatic N) is 4. The molecule has 1 unspecified atom stereocenters. The van der Waals surface area contributed by atoms with Gasteiger partial charge in [-0.2, -0.15) is 0 Å². The van der Waals surface area contributed by atoms with E-state index in [4.69, 9.17) is 0 Å². The summed E-state index contributed by atoms with van der Waals surface area (Å²) in [6.07, 6.45) is 4.29. The number of aromatic amines is 1. The molecule has 0 aliphatic heterocycles. The van der Waals surface area contributed by atoms with Crippen LogP contribution in [0.4, 0.5) is 0 Å². The van der Waals surface area contributed by atoms with Crippen molar-refractivity contribution in [3.63, 3.8) is 0 Å². The molecule has 3 aromatic rings. The number of rotatable bonds is 5. The van der Waals surface area contributed by atoms with Gasteiger partial charge in [0.25, 0.3) is 0 Å². The van der Waals surface area contributed by atoms with Crippen LogP contribution in [-0.4, -0.2) is 25.1 Å². The first-order chi connectivity index (χ1) is 10.2. The standard InChI is InChI=1S/C13H12BrN5S2/c1-8(12-15-6-9(14)7-16-12)21-13-17-11(18-19-13)5-10-3-2-4-20-10/h2-4,6-8H,5H2,1H3,(H,17,18,19). The van der Waals surface area contributed by atoms with E-state index in [9.17, 15) is 0 Å². The Bertz CT molecular complexity index is 696. The predicted octanol–water partition coefficient (Wildman–Crippen LogP) is 3.86. The highest BCUT2D eigenvalue weighted by Crippen LogP contribution is 2.30. The molecule has 0 aliphatic rings. The van der Waals surface area contributed by atoms with Gasteiger partial charge in [0.15, 0.2) is 0 Å². The smallest absolute Gasteiger partial charge is 0.209 e. The molecule has 3 aromatic heterocycles. The Kier molecular flexibility index (Phi) is 4.67. The third-order valence-corrected chi connectivity index (χ3v) is 4.96. The second-order valence-corrected chi connectivity index (χ2v) is 7.60. The van der Waals surface area contributed by atoms with Crippen LogP contribution in [-0.2, 0) is 6.42 Å². The molecule has 8 heteroatoms. The lowest BCUT2D eigenvalue weighted by atomic mass is 10.3. The number of thiophene rings is 1. The van der Waals surface area contributed by atoms with E-state index in [1.165, 1.54) is 4.88 Å². The minimum Gasteiger partial charge on any atom is -0.262 e. The second kappa shape index (κ2) is 6.67. The second-order valence-electron chi connectivity index (χ2n) is 4.34. The lowest BCUT2D eigenvalue weighted by molar-refractivity contribution is 0.897. The van der Waals surface area contributed by atoms with Crippen LogP contribution in [0.1, 0.15) is 28.7 Å². The van der Waals surface area contributed by atoms with Gasteiger partial charge < -0.3 is 0 Å². The Labute approximate surface area is 138 Å². The largest absolute Gasteiger partial charge is 0.262 e. The Hall–Kier alpha value is -1.25. The molecule has 21 heavy (non-hydrogen) atoms. The third-order valence-electron chi connectivity index (χ3n) is 2.72. The molecule has 0 saturated carbocycles. The monoisotopic (exact) mass is 381 g/mol. The van der Waals surface area contributed by atoms with Gasteiger partial charge in [0.2, 0.25) is 5.16 Å². The molecule has 0 aliphatic carbocycles. The van der Waals surface area contributed by atoms with Gasteiger partial charge in [-0.05, 0) is 34.3 Å². The summed E-state index contributed by atoms with van der Waals surface area (Å²) in [5, 5.41) is 10.1. The summed E-state index contributed by atoms with van der Waals surface area (Å²) >= 11 is 6.60. The summed E-state index contributed by atoms with van der Waals surface area (Å²) in [5.74, 6) is 1.65. The molecule has 3 heterocycles. The minimum absolute atomic E-state index is 0.100. The fourth-order valence-corrected chi connectivity index (χ4v) is 3.45. The van der Waals surface area contributed by atoms with Crippen molar-refractivity contribution >= 4 is 39.0 Å². The number of nitrogens with one attached hydrogen (secondary N) is 1. The molecule has 108 valence electrons. The van der Waals surface area contributed by atoms with E-state index in [1.54, 1.807) is 35.5 Å². The summed E-state index contributed by atoms with van der Waals surface area (Å²) in [4.78, 5) is 14.4. The van der Waals surface area contributed by atoms with E-state index >= 15 is 0 Å². The topological polar surface area (TPSA) is 67.3 Å². The van der Waals surface area contributed by atoms with Crippen LogP contribution in [0.5, 0.6) is 0 Å². The fraction of sp³-hybridized carbons (Fsp3) is 0.231. The van der Waals surface area contributed by atoms with Crippen molar-refractivity contribution < 1.29 is 0 Å². The highest BCUT2D eigenvalue weighted by atomic mass is 79.9. The van der Waals surface area contributed by atoms with Gasteiger partial charge in [0, 0.05) is 23.7 Å². The van der Waals surface area contributed by atoms with Gasteiger partial charge in [-0.1, -0.05) is 17.8 Å². The maximum atomic E-state index is 4.51. The number of hydrogen-bond acceptors (Lipinski definition) is 6. The minimum atomic E-state index is 0.100. The number of H-pyrrole nitrogens is 1. The van der Waals surface area contributed by atoms with Crippen molar-refractivity contribution in [2.24, 2.45) is 0 Å². The predicted molar refractivity (Wildman–Crippen MR) is 87.5 cm³/mol. The van der Waals surface area contributed by atoms with Crippen LogP contribution >= 0.6 is 39.0 Å². The molecule has 3 rings (SSSR count). The SMILES string of the molecule is CC(Sc1n[nH]c(Cc2cccs2)n1)c1ncc(Br)cn1. The number of thioether (sulfide) groups is 1. The summed E-state index contributed by atoms with van der Waals surface area (Å²) in [5.41, 5.74) is 0. The van der Waals surface area contributed by atoms with Crippen molar-refractivity contribution in [3.05, 3.63) is 50.9 Å². The van der Waals surface area contributed by atoms with Crippen LogP contribution in [0.3, 0.4) is 0 Å². The zero-order chi connectivity index (χ0) is 14.7. The Morgan fingerprint density at radius 1 is 1.38 bits per heavy atom. The molecule has 5 nitrogen and oxygen atoms in total. The summed E-state index contributed by atoms with van der Waals surface area (Å²) in [6, 6.07) is 4.14. The molecule has 0 fully saturated rings. The summed E-state index contributed by atoms with van der Waals surface area (Å²) < 4.78 is 0.875. The van der Waals surface area contributed by atoms with Crippen LogP contribution < -0.4 is 0 Å². The molecule has 1 N–H and O–H groups in total. The zero-order valence-electron chi connectivity index (χ0n) is 11.2.